The van der Waals surface area contributed by atoms with Gasteiger partial charge < -0.3 is 4.90 Å². The van der Waals surface area contributed by atoms with Crippen LogP contribution in [0.25, 0.3) is 0 Å². The summed E-state index contributed by atoms with van der Waals surface area (Å²) in [5.41, 5.74) is 0. The number of likely N-dealkylation sites (tertiary alicyclic amines) is 1. The van der Waals surface area contributed by atoms with Crippen molar-refractivity contribution in [2.75, 3.05) is 13.1 Å². The average Bonchev–Trinajstić information content (AvgIpc) is 3.05. The molecule has 1 aliphatic heterocycles. The van der Waals surface area contributed by atoms with E-state index >= 15 is 0 Å². The van der Waals surface area contributed by atoms with E-state index < -0.39 is 0 Å². The molecule has 1 saturated heterocycles. The van der Waals surface area contributed by atoms with Gasteiger partial charge in [0, 0.05) is 31.4 Å². The standard InChI is InChI=1S/C15H18N4OS/c20-15(13-9-16-14(21-13)11-4-5-11)18-7-1-3-12(10-18)19-8-2-6-17-19/h2,6,8-9,11-12H,1,3-5,7,10H2/t12-/m1/s1. The van der Waals surface area contributed by atoms with Crippen LogP contribution in [-0.2, 0) is 0 Å². The second-order valence-electron chi connectivity index (χ2n) is 5.87. The van der Waals surface area contributed by atoms with Gasteiger partial charge in [0.15, 0.2) is 0 Å². The molecule has 1 aliphatic carbocycles. The van der Waals surface area contributed by atoms with E-state index in [0.29, 0.717) is 12.0 Å². The first-order chi connectivity index (χ1) is 10.3. The van der Waals surface area contributed by atoms with Gasteiger partial charge in [0.2, 0.25) is 0 Å². The average molecular weight is 302 g/mol. The summed E-state index contributed by atoms with van der Waals surface area (Å²) < 4.78 is 1.97. The predicted molar refractivity (Wildman–Crippen MR) is 80.5 cm³/mol. The lowest BCUT2D eigenvalue weighted by Crippen LogP contribution is -2.40. The van der Waals surface area contributed by atoms with Crippen LogP contribution in [0.1, 0.15) is 52.3 Å². The fourth-order valence-electron chi connectivity index (χ4n) is 2.91. The number of hydrogen-bond donors (Lipinski definition) is 0. The molecule has 1 amide bonds. The van der Waals surface area contributed by atoms with Crippen molar-refractivity contribution in [3.63, 3.8) is 0 Å². The summed E-state index contributed by atoms with van der Waals surface area (Å²) in [5.74, 6) is 0.756. The van der Waals surface area contributed by atoms with Crippen LogP contribution in [0.5, 0.6) is 0 Å². The summed E-state index contributed by atoms with van der Waals surface area (Å²) in [7, 11) is 0. The first-order valence-corrected chi connectivity index (χ1v) is 8.37. The number of amides is 1. The van der Waals surface area contributed by atoms with Crippen molar-refractivity contribution in [3.8, 4) is 0 Å². The molecule has 2 aromatic rings. The third kappa shape index (κ3) is 2.60. The van der Waals surface area contributed by atoms with E-state index in [1.54, 1.807) is 23.7 Å². The van der Waals surface area contributed by atoms with Gasteiger partial charge in [-0.2, -0.15) is 5.10 Å². The van der Waals surface area contributed by atoms with Crippen LogP contribution in [0.2, 0.25) is 0 Å². The minimum atomic E-state index is 0.135. The van der Waals surface area contributed by atoms with Crippen molar-refractivity contribution in [2.24, 2.45) is 0 Å². The highest BCUT2D eigenvalue weighted by atomic mass is 32.1. The Kier molecular flexibility index (Phi) is 3.25. The number of carbonyl (C=O) groups is 1. The Morgan fingerprint density at radius 3 is 3.00 bits per heavy atom. The summed E-state index contributed by atoms with van der Waals surface area (Å²) in [6.07, 6.45) is 10.1. The van der Waals surface area contributed by atoms with Crippen LogP contribution < -0.4 is 0 Å². The highest BCUT2D eigenvalue weighted by Gasteiger charge is 2.30. The van der Waals surface area contributed by atoms with Crippen molar-refractivity contribution in [3.05, 3.63) is 34.5 Å². The molecule has 2 aliphatic rings. The molecule has 110 valence electrons. The second kappa shape index (κ2) is 5.26. The van der Waals surface area contributed by atoms with Gasteiger partial charge in [0.25, 0.3) is 5.91 Å². The molecular formula is C15H18N4OS. The van der Waals surface area contributed by atoms with Gasteiger partial charge in [-0.25, -0.2) is 4.98 Å². The molecule has 2 fully saturated rings. The smallest absolute Gasteiger partial charge is 0.265 e. The summed E-state index contributed by atoms with van der Waals surface area (Å²) in [5, 5.41) is 5.45. The second-order valence-corrected chi connectivity index (χ2v) is 6.93. The van der Waals surface area contributed by atoms with E-state index in [2.05, 4.69) is 10.1 Å². The maximum absolute atomic E-state index is 12.6. The topological polar surface area (TPSA) is 51.0 Å². The number of hydrogen-bond acceptors (Lipinski definition) is 4. The molecule has 0 aromatic carbocycles. The summed E-state index contributed by atoms with van der Waals surface area (Å²) in [6, 6.07) is 2.24. The molecule has 1 saturated carbocycles. The molecule has 21 heavy (non-hydrogen) atoms. The van der Waals surface area contributed by atoms with E-state index in [9.17, 15) is 4.79 Å². The summed E-state index contributed by atoms with van der Waals surface area (Å²) in [6.45, 7) is 1.59. The number of aromatic nitrogens is 3. The van der Waals surface area contributed by atoms with Crippen LogP contribution in [0.4, 0.5) is 0 Å². The zero-order valence-corrected chi connectivity index (χ0v) is 12.6. The van der Waals surface area contributed by atoms with Crippen molar-refractivity contribution >= 4 is 17.2 Å². The van der Waals surface area contributed by atoms with Crippen LogP contribution in [0, 0.1) is 0 Å². The van der Waals surface area contributed by atoms with Crippen LogP contribution in [-0.4, -0.2) is 38.7 Å². The molecule has 3 heterocycles. The maximum atomic E-state index is 12.6. The minimum Gasteiger partial charge on any atom is -0.336 e. The third-order valence-corrected chi connectivity index (χ3v) is 5.39. The van der Waals surface area contributed by atoms with Gasteiger partial charge in [0.05, 0.1) is 17.2 Å². The number of nitrogens with zero attached hydrogens (tertiary/aromatic N) is 4. The van der Waals surface area contributed by atoms with Gasteiger partial charge in [0.1, 0.15) is 4.88 Å². The van der Waals surface area contributed by atoms with Gasteiger partial charge in [-0.3, -0.25) is 9.48 Å². The molecule has 4 rings (SSSR count). The van der Waals surface area contributed by atoms with Gasteiger partial charge >= 0.3 is 0 Å². The van der Waals surface area contributed by atoms with Gasteiger partial charge in [-0.15, -0.1) is 11.3 Å². The maximum Gasteiger partial charge on any atom is 0.265 e. The highest BCUT2D eigenvalue weighted by Crippen LogP contribution is 2.42. The van der Waals surface area contributed by atoms with Gasteiger partial charge in [-0.05, 0) is 31.7 Å². The van der Waals surface area contributed by atoms with Crippen molar-refractivity contribution in [2.45, 2.75) is 37.6 Å². The van der Waals surface area contributed by atoms with Gasteiger partial charge in [-0.1, -0.05) is 0 Å². The largest absolute Gasteiger partial charge is 0.336 e. The lowest BCUT2D eigenvalue weighted by atomic mass is 10.1. The molecule has 0 unspecified atom stereocenters. The molecule has 0 N–H and O–H groups in total. The molecule has 6 heteroatoms. The Morgan fingerprint density at radius 2 is 2.24 bits per heavy atom. The fourth-order valence-corrected chi connectivity index (χ4v) is 3.97. The Balaban J connectivity index is 1.47. The number of piperidine rings is 1. The normalized spacial score (nSPS) is 22.5. The minimum absolute atomic E-state index is 0.135. The first kappa shape index (κ1) is 13.0. The quantitative estimate of drug-likeness (QED) is 0.876. The van der Waals surface area contributed by atoms with E-state index in [0.717, 1.165) is 35.8 Å². The van der Waals surface area contributed by atoms with E-state index in [1.165, 1.54) is 12.8 Å². The molecule has 0 spiro atoms. The van der Waals surface area contributed by atoms with E-state index in [1.807, 2.05) is 21.8 Å². The van der Waals surface area contributed by atoms with Crippen molar-refractivity contribution in [1.82, 2.24) is 19.7 Å². The Bertz CT molecular complexity index is 632. The molecule has 0 bridgehead atoms. The Hall–Kier alpha value is -1.69. The van der Waals surface area contributed by atoms with Crippen LogP contribution in [0.3, 0.4) is 0 Å². The highest BCUT2D eigenvalue weighted by molar-refractivity contribution is 7.13. The fraction of sp³-hybridized carbons (Fsp3) is 0.533. The van der Waals surface area contributed by atoms with Crippen LogP contribution in [0.15, 0.2) is 24.7 Å². The molecular weight excluding hydrogens is 284 g/mol. The van der Waals surface area contributed by atoms with E-state index in [4.69, 9.17) is 0 Å². The third-order valence-electron chi connectivity index (χ3n) is 4.24. The molecule has 0 radical (unpaired) electrons. The molecule has 5 nitrogen and oxygen atoms in total. The first-order valence-electron chi connectivity index (χ1n) is 7.55. The Labute approximate surface area is 127 Å². The van der Waals surface area contributed by atoms with Crippen LogP contribution >= 0.6 is 11.3 Å². The van der Waals surface area contributed by atoms with Crippen molar-refractivity contribution < 1.29 is 4.79 Å². The lowest BCUT2D eigenvalue weighted by Gasteiger charge is -2.32. The SMILES string of the molecule is O=C(c1cnc(C2CC2)s1)N1CCC[C@@H](n2cccn2)C1. The van der Waals surface area contributed by atoms with Crippen molar-refractivity contribution in [1.29, 1.82) is 0 Å². The number of rotatable bonds is 3. The summed E-state index contributed by atoms with van der Waals surface area (Å²) >= 11 is 1.58. The van der Waals surface area contributed by atoms with E-state index in [-0.39, 0.29) is 5.91 Å². The zero-order valence-electron chi connectivity index (χ0n) is 11.8. The molecule has 2 aromatic heterocycles. The summed E-state index contributed by atoms with van der Waals surface area (Å²) in [4.78, 5) is 19.8. The number of thiazole rings is 1. The molecule has 1 atom stereocenters. The Morgan fingerprint density at radius 1 is 1.33 bits per heavy atom. The number of carbonyl (C=O) groups excluding carboxylic acids is 1. The zero-order chi connectivity index (χ0) is 14.2. The predicted octanol–water partition coefficient (Wildman–Crippen LogP) is 2.69. The lowest BCUT2D eigenvalue weighted by molar-refractivity contribution is 0.0677. The monoisotopic (exact) mass is 302 g/mol.